The van der Waals surface area contributed by atoms with E-state index in [9.17, 15) is 10.2 Å². The normalized spacial score (nSPS) is 16.5. The molecule has 0 fully saturated rings. The third-order valence-corrected chi connectivity index (χ3v) is 3.73. The Morgan fingerprint density at radius 3 is 2.04 bits per heavy atom. The van der Waals surface area contributed by atoms with Crippen molar-refractivity contribution in [3.8, 4) is 0 Å². The summed E-state index contributed by atoms with van der Waals surface area (Å²) < 4.78 is 0. The van der Waals surface area contributed by atoms with Gasteiger partial charge in [0.15, 0.2) is 0 Å². The maximum atomic E-state index is 9.40. The van der Waals surface area contributed by atoms with Gasteiger partial charge >= 0.3 is 0 Å². The second-order valence-corrected chi connectivity index (χ2v) is 6.94. The van der Waals surface area contributed by atoms with E-state index >= 15 is 0 Å². The van der Waals surface area contributed by atoms with E-state index < -0.39 is 0 Å². The molecule has 0 bridgehead atoms. The fourth-order valence-corrected chi connectivity index (χ4v) is 2.60. The van der Waals surface area contributed by atoms with E-state index in [1.165, 1.54) is 0 Å². The van der Waals surface area contributed by atoms with E-state index in [1.54, 1.807) is 20.0 Å². The minimum Gasteiger partial charge on any atom is -0.393 e. The molecule has 0 amide bonds. The van der Waals surface area contributed by atoms with Crippen LogP contribution in [0.15, 0.2) is 6.20 Å². The van der Waals surface area contributed by atoms with Crippen molar-refractivity contribution in [2.75, 3.05) is 23.7 Å². The molecule has 1 aromatic heterocycles. The summed E-state index contributed by atoms with van der Waals surface area (Å²) in [5, 5.41) is 25.6. The molecule has 1 aromatic rings. The highest BCUT2D eigenvalue weighted by Crippen LogP contribution is 2.20. The van der Waals surface area contributed by atoms with E-state index in [2.05, 4.69) is 34.4 Å². The Morgan fingerprint density at radius 1 is 1.00 bits per heavy atom. The second kappa shape index (κ2) is 9.90. The molecule has 0 saturated heterocycles. The van der Waals surface area contributed by atoms with Crippen LogP contribution >= 0.6 is 11.6 Å². The molecule has 0 aliphatic carbocycles. The number of aliphatic hydroxyl groups excluding tert-OH is 2. The predicted octanol–water partition coefficient (Wildman–Crippen LogP) is 2.77. The molecule has 0 spiro atoms. The standard InChI is InChI=1S/C16H29ClN4O2/c1-10(5-12(3)22)7-18-15-14(17)9-20-16(21-15)19-8-11(2)6-13(4)23/h9-13,22-23H,5-8H2,1-4H3,(H2,18,19,20,21). The molecule has 6 nitrogen and oxygen atoms in total. The first-order chi connectivity index (χ1) is 10.8. The maximum Gasteiger partial charge on any atom is 0.224 e. The van der Waals surface area contributed by atoms with Gasteiger partial charge in [-0.1, -0.05) is 25.4 Å². The lowest BCUT2D eigenvalue weighted by atomic mass is 10.1. The van der Waals surface area contributed by atoms with Gasteiger partial charge in [-0.3, -0.25) is 0 Å². The van der Waals surface area contributed by atoms with Crippen molar-refractivity contribution in [1.82, 2.24) is 9.97 Å². The molecule has 132 valence electrons. The summed E-state index contributed by atoms with van der Waals surface area (Å²) in [6.07, 6.45) is 2.38. The van der Waals surface area contributed by atoms with Crippen molar-refractivity contribution in [2.45, 2.75) is 52.7 Å². The van der Waals surface area contributed by atoms with Crippen molar-refractivity contribution in [1.29, 1.82) is 0 Å². The number of aromatic nitrogens is 2. The predicted molar refractivity (Wildman–Crippen MR) is 94.9 cm³/mol. The van der Waals surface area contributed by atoms with Crippen molar-refractivity contribution in [3.05, 3.63) is 11.2 Å². The SMILES string of the molecule is CC(O)CC(C)CNc1ncc(Cl)c(NCC(C)CC(C)O)n1. The highest BCUT2D eigenvalue weighted by atomic mass is 35.5. The summed E-state index contributed by atoms with van der Waals surface area (Å²) >= 11 is 6.12. The van der Waals surface area contributed by atoms with Gasteiger partial charge in [-0.05, 0) is 38.5 Å². The zero-order valence-corrected chi connectivity index (χ0v) is 15.1. The lowest BCUT2D eigenvalue weighted by Crippen LogP contribution is -2.19. The van der Waals surface area contributed by atoms with Gasteiger partial charge in [-0.2, -0.15) is 4.98 Å². The van der Waals surface area contributed by atoms with Crippen LogP contribution in [0.2, 0.25) is 5.02 Å². The maximum absolute atomic E-state index is 9.40. The van der Waals surface area contributed by atoms with Crippen LogP contribution in [0.4, 0.5) is 11.8 Å². The number of hydrogen-bond acceptors (Lipinski definition) is 6. The van der Waals surface area contributed by atoms with Crippen LogP contribution in [0.1, 0.15) is 40.5 Å². The highest BCUT2D eigenvalue weighted by molar-refractivity contribution is 6.32. The number of nitrogens with one attached hydrogen (secondary N) is 2. The third-order valence-electron chi connectivity index (χ3n) is 3.46. The number of halogens is 1. The fraction of sp³-hybridized carbons (Fsp3) is 0.750. The van der Waals surface area contributed by atoms with E-state index in [0.29, 0.717) is 41.7 Å². The largest absolute Gasteiger partial charge is 0.393 e. The molecule has 4 N–H and O–H groups in total. The number of rotatable bonds is 10. The van der Waals surface area contributed by atoms with Gasteiger partial charge in [0.25, 0.3) is 0 Å². The Labute approximate surface area is 143 Å². The Kier molecular flexibility index (Phi) is 8.58. The summed E-state index contributed by atoms with van der Waals surface area (Å²) in [6, 6.07) is 0. The van der Waals surface area contributed by atoms with E-state index in [1.807, 2.05) is 0 Å². The monoisotopic (exact) mass is 344 g/mol. The molecule has 4 atom stereocenters. The molecule has 0 radical (unpaired) electrons. The van der Waals surface area contributed by atoms with E-state index in [0.717, 1.165) is 12.8 Å². The first-order valence-electron chi connectivity index (χ1n) is 8.14. The quantitative estimate of drug-likeness (QED) is 0.522. The molecule has 23 heavy (non-hydrogen) atoms. The summed E-state index contributed by atoms with van der Waals surface area (Å²) in [7, 11) is 0. The topological polar surface area (TPSA) is 90.3 Å². The molecule has 0 aromatic carbocycles. The molecule has 0 saturated carbocycles. The molecule has 0 aliphatic rings. The summed E-state index contributed by atoms with van der Waals surface area (Å²) in [4.78, 5) is 8.55. The van der Waals surface area contributed by atoms with Gasteiger partial charge in [-0.25, -0.2) is 4.98 Å². The average Bonchev–Trinajstić information content (AvgIpc) is 2.43. The van der Waals surface area contributed by atoms with Crippen LogP contribution in [-0.4, -0.2) is 45.5 Å². The molecule has 4 unspecified atom stereocenters. The molecular formula is C16H29ClN4O2. The zero-order chi connectivity index (χ0) is 17.4. The van der Waals surface area contributed by atoms with Gasteiger partial charge in [0.05, 0.1) is 18.4 Å². The highest BCUT2D eigenvalue weighted by Gasteiger charge is 2.11. The van der Waals surface area contributed by atoms with Gasteiger partial charge < -0.3 is 20.8 Å². The second-order valence-electron chi connectivity index (χ2n) is 6.53. The lowest BCUT2D eigenvalue weighted by Gasteiger charge is -2.17. The Balaban J connectivity index is 2.54. The summed E-state index contributed by atoms with van der Waals surface area (Å²) in [5.41, 5.74) is 0. The first-order valence-corrected chi connectivity index (χ1v) is 8.52. The Morgan fingerprint density at radius 2 is 1.52 bits per heavy atom. The van der Waals surface area contributed by atoms with Crippen molar-refractivity contribution >= 4 is 23.4 Å². The van der Waals surface area contributed by atoms with E-state index in [4.69, 9.17) is 11.6 Å². The lowest BCUT2D eigenvalue weighted by molar-refractivity contribution is 0.166. The Hall–Kier alpha value is -1.11. The summed E-state index contributed by atoms with van der Waals surface area (Å²) in [5.74, 6) is 1.72. The minimum atomic E-state index is -0.319. The van der Waals surface area contributed by atoms with Crippen LogP contribution < -0.4 is 10.6 Å². The smallest absolute Gasteiger partial charge is 0.224 e. The third kappa shape index (κ3) is 8.34. The molecule has 7 heteroatoms. The van der Waals surface area contributed by atoms with E-state index in [-0.39, 0.29) is 12.2 Å². The van der Waals surface area contributed by atoms with Crippen molar-refractivity contribution < 1.29 is 10.2 Å². The molecular weight excluding hydrogens is 316 g/mol. The molecule has 0 aliphatic heterocycles. The number of aliphatic hydroxyl groups is 2. The number of nitrogens with zero attached hydrogens (tertiary/aromatic N) is 2. The van der Waals surface area contributed by atoms with Crippen molar-refractivity contribution in [3.63, 3.8) is 0 Å². The summed E-state index contributed by atoms with van der Waals surface area (Å²) in [6.45, 7) is 9.05. The van der Waals surface area contributed by atoms with Crippen molar-refractivity contribution in [2.24, 2.45) is 11.8 Å². The van der Waals surface area contributed by atoms with Crippen LogP contribution in [0.25, 0.3) is 0 Å². The number of anilines is 2. The van der Waals surface area contributed by atoms with Gasteiger partial charge in [0.1, 0.15) is 10.8 Å². The average molecular weight is 345 g/mol. The van der Waals surface area contributed by atoms with Crippen LogP contribution in [0, 0.1) is 11.8 Å². The van der Waals surface area contributed by atoms with Crippen LogP contribution in [0.3, 0.4) is 0 Å². The van der Waals surface area contributed by atoms with Gasteiger partial charge in [-0.15, -0.1) is 0 Å². The molecule has 1 rings (SSSR count). The van der Waals surface area contributed by atoms with Crippen LogP contribution in [-0.2, 0) is 0 Å². The van der Waals surface area contributed by atoms with Crippen LogP contribution in [0.5, 0.6) is 0 Å². The first kappa shape index (κ1) is 19.9. The van der Waals surface area contributed by atoms with Gasteiger partial charge in [0, 0.05) is 13.1 Å². The van der Waals surface area contributed by atoms with Gasteiger partial charge in [0.2, 0.25) is 5.95 Å². The fourth-order valence-electron chi connectivity index (χ4n) is 2.44. The molecule has 1 heterocycles. The zero-order valence-electron chi connectivity index (χ0n) is 14.4. The number of hydrogen-bond donors (Lipinski definition) is 4. The Bertz CT molecular complexity index is 471. The minimum absolute atomic E-state index is 0.309.